The summed E-state index contributed by atoms with van der Waals surface area (Å²) in [5.41, 5.74) is 4.73. The molecule has 0 heterocycles. The molecule has 0 N–H and O–H groups in total. The number of rotatable bonds is 1. The Bertz CT molecular complexity index is 381. The Morgan fingerprint density at radius 3 is 2.60 bits per heavy atom. The van der Waals surface area contributed by atoms with Crippen LogP contribution in [0.3, 0.4) is 0 Å². The van der Waals surface area contributed by atoms with Crippen molar-refractivity contribution < 1.29 is 0 Å². The Balaban J connectivity index is 2.26. The van der Waals surface area contributed by atoms with E-state index in [4.69, 9.17) is 0 Å². The lowest BCUT2D eigenvalue weighted by Gasteiger charge is -2.30. The summed E-state index contributed by atoms with van der Waals surface area (Å²) in [6, 6.07) is 0. The second kappa shape index (κ2) is 3.52. The lowest BCUT2D eigenvalue weighted by Crippen LogP contribution is -2.20. The predicted octanol–water partition coefficient (Wildman–Crippen LogP) is 4.42. The van der Waals surface area contributed by atoms with E-state index in [9.17, 15) is 0 Å². The van der Waals surface area contributed by atoms with Gasteiger partial charge in [0.15, 0.2) is 0 Å². The zero-order chi connectivity index (χ0) is 11.1. The zero-order valence-corrected chi connectivity index (χ0v) is 10.2. The summed E-state index contributed by atoms with van der Waals surface area (Å²) in [5.74, 6) is 0.615. The number of hydrogen-bond donors (Lipinski definition) is 0. The molecule has 2 aliphatic carbocycles. The molecule has 0 fully saturated rings. The smallest absolute Gasteiger partial charge is 0.0136 e. The van der Waals surface area contributed by atoms with Crippen molar-refractivity contribution in [1.82, 2.24) is 0 Å². The predicted molar refractivity (Wildman–Crippen MR) is 66.6 cm³/mol. The van der Waals surface area contributed by atoms with E-state index >= 15 is 0 Å². The molecule has 1 unspecified atom stereocenters. The third-order valence-electron chi connectivity index (χ3n) is 3.59. The van der Waals surface area contributed by atoms with Gasteiger partial charge in [0.25, 0.3) is 0 Å². The van der Waals surface area contributed by atoms with Crippen LogP contribution in [0.5, 0.6) is 0 Å². The molecule has 0 nitrogen and oxygen atoms in total. The van der Waals surface area contributed by atoms with Crippen molar-refractivity contribution >= 4 is 0 Å². The van der Waals surface area contributed by atoms with Crippen molar-refractivity contribution in [2.45, 2.75) is 34.1 Å². The van der Waals surface area contributed by atoms with Crippen LogP contribution in [0.25, 0.3) is 0 Å². The zero-order valence-electron chi connectivity index (χ0n) is 10.2. The van der Waals surface area contributed by atoms with Crippen LogP contribution in [0.15, 0.2) is 47.1 Å². The summed E-state index contributed by atoms with van der Waals surface area (Å²) in [7, 11) is 0. The van der Waals surface area contributed by atoms with E-state index in [2.05, 4.69) is 58.1 Å². The standard InChI is InChI=1S/C15H20/c1-11(15(2,3)4)13-10-9-12-7-5-6-8-14(12)13/h5,7-11H,6H2,1-4H3. The summed E-state index contributed by atoms with van der Waals surface area (Å²) in [6.45, 7) is 9.28. The fourth-order valence-corrected chi connectivity index (χ4v) is 2.13. The van der Waals surface area contributed by atoms with Crippen molar-refractivity contribution in [3.05, 3.63) is 47.1 Å². The first-order chi connectivity index (χ1) is 7.00. The van der Waals surface area contributed by atoms with Gasteiger partial charge in [0.05, 0.1) is 0 Å². The fraction of sp³-hybridized carbons (Fsp3) is 0.467. The van der Waals surface area contributed by atoms with Gasteiger partial charge < -0.3 is 0 Å². The Morgan fingerprint density at radius 2 is 1.93 bits per heavy atom. The number of fused-ring (bicyclic) bond motifs is 1. The molecule has 0 saturated heterocycles. The van der Waals surface area contributed by atoms with E-state index in [0.717, 1.165) is 6.42 Å². The summed E-state index contributed by atoms with van der Waals surface area (Å²) < 4.78 is 0. The molecule has 0 aromatic rings. The molecule has 0 bridgehead atoms. The van der Waals surface area contributed by atoms with E-state index in [1.54, 1.807) is 0 Å². The second-order valence-corrected chi connectivity index (χ2v) is 5.59. The van der Waals surface area contributed by atoms with E-state index in [1.165, 1.54) is 16.7 Å². The highest BCUT2D eigenvalue weighted by Gasteiger charge is 2.28. The van der Waals surface area contributed by atoms with Crippen LogP contribution in [0.4, 0.5) is 0 Å². The lowest BCUT2D eigenvalue weighted by molar-refractivity contribution is 0.304. The quantitative estimate of drug-likeness (QED) is 0.587. The normalized spacial score (nSPS) is 21.7. The van der Waals surface area contributed by atoms with Crippen LogP contribution in [-0.4, -0.2) is 0 Å². The molecular weight excluding hydrogens is 180 g/mol. The monoisotopic (exact) mass is 200 g/mol. The van der Waals surface area contributed by atoms with E-state index in [-0.39, 0.29) is 0 Å². The first-order valence-electron chi connectivity index (χ1n) is 5.79. The first kappa shape index (κ1) is 10.5. The summed E-state index contributed by atoms with van der Waals surface area (Å²) in [6.07, 6.45) is 12.5. The van der Waals surface area contributed by atoms with Crippen LogP contribution in [0.2, 0.25) is 0 Å². The van der Waals surface area contributed by atoms with E-state index < -0.39 is 0 Å². The van der Waals surface area contributed by atoms with Crippen LogP contribution in [-0.2, 0) is 0 Å². The van der Waals surface area contributed by atoms with Crippen LogP contribution in [0, 0.1) is 11.3 Å². The molecule has 0 heteroatoms. The third-order valence-corrected chi connectivity index (χ3v) is 3.59. The van der Waals surface area contributed by atoms with Crippen molar-refractivity contribution in [2.24, 2.45) is 11.3 Å². The molecule has 2 rings (SSSR count). The van der Waals surface area contributed by atoms with Crippen LogP contribution in [0.1, 0.15) is 34.1 Å². The van der Waals surface area contributed by atoms with Gasteiger partial charge in [0, 0.05) is 0 Å². The minimum Gasteiger partial charge on any atom is -0.0801 e. The molecule has 0 saturated carbocycles. The van der Waals surface area contributed by atoms with Gasteiger partial charge in [-0.2, -0.15) is 0 Å². The van der Waals surface area contributed by atoms with Crippen molar-refractivity contribution in [2.75, 3.05) is 0 Å². The summed E-state index contributed by atoms with van der Waals surface area (Å²) in [4.78, 5) is 0. The van der Waals surface area contributed by atoms with Gasteiger partial charge >= 0.3 is 0 Å². The molecule has 15 heavy (non-hydrogen) atoms. The van der Waals surface area contributed by atoms with Gasteiger partial charge in [-0.05, 0) is 34.5 Å². The maximum Gasteiger partial charge on any atom is -0.0136 e. The topological polar surface area (TPSA) is 0 Å². The number of hydrogen-bond acceptors (Lipinski definition) is 0. The van der Waals surface area contributed by atoms with Gasteiger partial charge in [0.2, 0.25) is 0 Å². The Morgan fingerprint density at radius 1 is 1.20 bits per heavy atom. The lowest BCUT2D eigenvalue weighted by atomic mass is 9.75. The Hall–Kier alpha value is -1.04. The largest absolute Gasteiger partial charge is 0.0801 e. The highest BCUT2D eigenvalue weighted by atomic mass is 14.3. The van der Waals surface area contributed by atoms with Crippen molar-refractivity contribution in [3.63, 3.8) is 0 Å². The minimum absolute atomic E-state index is 0.344. The van der Waals surface area contributed by atoms with E-state index in [1.807, 2.05) is 0 Å². The molecule has 0 amide bonds. The molecule has 1 atom stereocenters. The van der Waals surface area contributed by atoms with E-state index in [0.29, 0.717) is 11.3 Å². The average molecular weight is 200 g/mol. The molecular formula is C15H20. The van der Waals surface area contributed by atoms with Gasteiger partial charge in [0.1, 0.15) is 0 Å². The van der Waals surface area contributed by atoms with Gasteiger partial charge in [-0.25, -0.2) is 0 Å². The maximum atomic E-state index is 2.35. The first-order valence-corrected chi connectivity index (χ1v) is 5.79. The molecule has 0 aromatic carbocycles. The average Bonchev–Trinajstić information content (AvgIpc) is 2.58. The Kier molecular flexibility index (Phi) is 2.46. The molecule has 0 aromatic heterocycles. The van der Waals surface area contributed by atoms with Gasteiger partial charge in [-0.1, -0.05) is 58.1 Å². The number of allylic oxidation sites excluding steroid dienone is 8. The van der Waals surface area contributed by atoms with Gasteiger partial charge in [-0.3, -0.25) is 0 Å². The SMILES string of the molecule is CC(C1=CC=C2C=CCC=C21)C(C)(C)C. The molecule has 0 radical (unpaired) electrons. The minimum atomic E-state index is 0.344. The summed E-state index contributed by atoms with van der Waals surface area (Å²) >= 11 is 0. The third kappa shape index (κ3) is 1.86. The van der Waals surface area contributed by atoms with Gasteiger partial charge in [-0.15, -0.1) is 0 Å². The molecule has 2 aliphatic rings. The fourth-order valence-electron chi connectivity index (χ4n) is 2.13. The van der Waals surface area contributed by atoms with Crippen molar-refractivity contribution in [1.29, 1.82) is 0 Å². The molecule has 0 aliphatic heterocycles. The molecule has 0 spiro atoms. The van der Waals surface area contributed by atoms with Crippen molar-refractivity contribution in [3.8, 4) is 0 Å². The second-order valence-electron chi connectivity index (χ2n) is 5.59. The maximum absolute atomic E-state index is 2.35. The molecule has 80 valence electrons. The van der Waals surface area contributed by atoms with Crippen LogP contribution >= 0.6 is 0 Å². The Labute approximate surface area is 93.1 Å². The highest BCUT2D eigenvalue weighted by molar-refractivity contribution is 5.61. The summed E-state index contributed by atoms with van der Waals surface area (Å²) in [5, 5.41) is 0. The van der Waals surface area contributed by atoms with Crippen LogP contribution < -0.4 is 0 Å². The highest BCUT2D eigenvalue weighted by Crippen LogP contribution is 2.41.